The van der Waals surface area contributed by atoms with E-state index in [2.05, 4.69) is 19.1 Å². The molecule has 0 saturated heterocycles. The molecule has 0 radical (unpaired) electrons. The van der Waals surface area contributed by atoms with Crippen LogP contribution < -0.4 is 0 Å². The van der Waals surface area contributed by atoms with E-state index in [0.29, 0.717) is 11.5 Å². The predicted molar refractivity (Wildman–Crippen MR) is 118 cm³/mol. The number of Topliss-reactive ketones (excluding diaryl/α,β-unsaturated/α-hetero) is 2. The number of rotatable bonds is 13. The molecule has 0 amide bonds. The van der Waals surface area contributed by atoms with E-state index in [4.69, 9.17) is 0 Å². The summed E-state index contributed by atoms with van der Waals surface area (Å²) in [7, 11) is 0. The molecule has 28 heavy (non-hydrogen) atoms. The van der Waals surface area contributed by atoms with Crippen molar-refractivity contribution in [3.8, 4) is 0 Å². The standard InChI is InChI=1S/C26H40O2/c1-3-4-5-6-7-8-9-10-11-22-12-14-23(15-13-22)24-16-18-25(19-17-24)26(28)20-21(2)27/h16-19,22-23H,3-15,20H2,1-2H3. The lowest BCUT2D eigenvalue weighted by atomic mass is 9.77. The molecule has 1 aliphatic rings. The number of carbonyl (C=O) groups is 2. The van der Waals surface area contributed by atoms with Crippen LogP contribution in [0.3, 0.4) is 0 Å². The minimum atomic E-state index is -0.0658. The lowest BCUT2D eigenvalue weighted by Gasteiger charge is -2.29. The Kier molecular flexibility index (Phi) is 10.5. The number of benzene rings is 1. The molecule has 0 atom stereocenters. The molecule has 0 aromatic heterocycles. The molecular formula is C26H40O2. The van der Waals surface area contributed by atoms with Crippen molar-refractivity contribution >= 4 is 11.6 Å². The highest BCUT2D eigenvalue weighted by atomic mass is 16.1. The van der Waals surface area contributed by atoms with Crippen molar-refractivity contribution in [1.29, 1.82) is 0 Å². The lowest BCUT2D eigenvalue weighted by Crippen LogP contribution is -2.13. The Morgan fingerprint density at radius 1 is 0.821 bits per heavy atom. The smallest absolute Gasteiger partial charge is 0.170 e. The van der Waals surface area contributed by atoms with Crippen molar-refractivity contribution in [3.63, 3.8) is 0 Å². The third-order valence-corrected chi connectivity index (χ3v) is 6.43. The molecule has 1 aromatic rings. The van der Waals surface area contributed by atoms with Crippen LogP contribution in [0.2, 0.25) is 0 Å². The van der Waals surface area contributed by atoms with Crippen LogP contribution in [0.1, 0.15) is 126 Å². The average Bonchev–Trinajstić information content (AvgIpc) is 2.70. The van der Waals surface area contributed by atoms with E-state index in [9.17, 15) is 9.59 Å². The molecule has 2 rings (SSSR count). The van der Waals surface area contributed by atoms with Crippen molar-refractivity contribution in [2.75, 3.05) is 0 Å². The molecule has 156 valence electrons. The number of ketones is 2. The summed E-state index contributed by atoms with van der Waals surface area (Å²) in [5, 5.41) is 0. The van der Waals surface area contributed by atoms with Gasteiger partial charge in [0.05, 0.1) is 6.42 Å². The SMILES string of the molecule is CCCCCCCCCCC1CCC(c2ccc(C(=O)CC(C)=O)cc2)CC1. The first-order valence-corrected chi connectivity index (χ1v) is 11.7. The molecular weight excluding hydrogens is 344 g/mol. The van der Waals surface area contributed by atoms with E-state index in [1.165, 1.54) is 96.0 Å². The fourth-order valence-corrected chi connectivity index (χ4v) is 4.62. The molecule has 2 nitrogen and oxygen atoms in total. The van der Waals surface area contributed by atoms with Gasteiger partial charge in [-0.25, -0.2) is 0 Å². The minimum Gasteiger partial charge on any atom is -0.300 e. The maximum atomic E-state index is 12.0. The van der Waals surface area contributed by atoms with Crippen molar-refractivity contribution < 1.29 is 9.59 Å². The molecule has 0 aliphatic heterocycles. The number of hydrogen-bond acceptors (Lipinski definition) is 2. The van der Waals surface area contributed by atoms with Gasteiger partial charge in [-0.2, -0.15) is 0 Å². The van der Waals surface area contributed by atoms with Crippen LogP contribution in [-0.2, 0) is 4.79 Å². The molecule has 2 heteroatoms. The van der Waals surface area contributed by atoms with E-state index in [-0.39, 0.29) is 18.0 Å². The van der Waals surface area contributed by atoms with Gasteiger partial charge in [0.2, 0.25) is 0 Å². The predicted octanol–water partition coefficient (Wildman–Crippen LogP) is 7.65. The summed E-state index contributed by atoms with van der Waals surface area (Å²) in [6, 6.07) is 8.04. The van der Waals surface area contributed by atoms with Gasteiger partial charge in [0.15, 0.2) is 5.78 Å². The molecule has 0 heterocycles. The first-order valence-electron chi connectivity index (χ1n) is 11.7. The van der Waals surface area contributed by atoms with Gasteiger partial charge in [-0.1, -0.05) is 89.0 Å². The molecule has 0 bridgehead atoms. The minimum absolute atomic E-state index is 0.0171. The average molecular weight is 385 g/mol. The monoisotopic (exact) mass is 384 g/mol. The summed E-state index contributed by atoms with van der Waals surface area (Å²) in [6.45, 7) is 3.75. The van der Waals surface area contributed by atoms with Gasteiger partial charge < -0.3 is 0 Å². The number of carbonyl (C=O) groups excluding carboxylic acids is 2. The molecule has 0 N–H and O–H groups in total. The van der Waals surface area contributed by atoms with Crippen molar-refractivity contribution in [3.05, 3.63) is 35.4 Å². The van der Waals surface area contributed by atoms with Crippen LogP contribution in [0.15, 0.2) is 24.3 Å². The maximum Gasteiger partial charge on any atom is 0.170 e. The van der Waals surface area contributed by atoms with Crippen LogP contribution in [0.5, 0.6) is 0 Å². The van der Waals surface area contributed by atoms with E-state index in [1.54, 1.807) is 0 Å². The zero-order valence-electron chi connectivity index (χ0n) is 18.2. The van der Waals surface area contributed by atoms with Crippen LogP contribution in [0.4, 0.5) is 0 Å². The van der Waals surface area contributed by atoms with Gasteiger partial charge in [-0.05, 0) is 50.0 Å². The highest BCUT2D eigenvalue weighted by Crippen LogP contribution is 2.37. The molecule has 0 spiro atoms. The summed E-state index contributed by atoms with van der Waals surface area (Å²) in [5.41, 5.74) is 2.03. The molecule has 1 aromatic carbocycles. The topological polar surface area (TPSA) is 34.1 Å². The fraction of sp³-hybridized carbons (Fsp3) is 0.692. The third kappa shape index (κ3) is 8.29. The Morgan fingerprint density at radius 3 is 1.96 bits per heavy atom. The second-order valence-electron chi connectivity index (χ2n) is 8.91. The Hall–Kier alpha value is -1.44. The van der Waals surface area contributed by atoms with Gasteiger partial charge in [0.25, 0.3) is 0 Å². The summed E-state index contributed by atoms with van der Waals surface area (Å²) < 4.78 is 0. The second-order valence-corrected chi connectivity index (χ2v) is 8.91. The zero-order valence-corrected chi connectivity index (χ0v) is 18.2. The molecule has 1 aliphatic carbocycles. The Morgan fingerprint density at radius 2 is 1.39 bits per heavy atom. The Bertz CT molecular complexity index is 579. The highest BCUT2D eigenvalue weighted by molar-refractivity contribution is 6.07. The van der Waals surface area contributed by atoms with Crippen LogP contribution >= 0.6 is 0 Å². The highest BCUT2D eigenvalue weighted by Gasteiger charge is 2.22. The van der Waals surface area contributed by atoms with Crippen molar-refractivity contribution in [2.45, 2.75) is 110 Å². The molecule has 0 unspecified atom stereocenters. The Balaban J connectivity index is 1.62. The number of unbranched alkanes of at least 4 members (excludes halogenated alkanes) is 7. The molecule has 1 saturated carbocycles. The van der Waals surface area contributed by atoms with Crippen LogP contribution in [0.25, 0.3) is 0 Å². The van der Waals surface area contributed by atoms with Gasteiger partial charge in [0, 0.05) is 5.56 Å². The van der Waals surface area contributed by atoms with Crippen LogP contribution in [-0.4, -0.2) is 11.6 Å². The summed E-state index contributed by atoms with van der Waals surface area (Å²) in [5.74, 6) is 1.44. The fourth-order valence-electron chi connectivity index (χ4n) is 4.62. The van der Waals surface area contributed by atoms with Gasteiger partial charge in [-0.15, -0.1) is 0 Å². The largest absolute Gasteiger partial charge is 0.300 e. The van der Waals surface area contributed by atoms with E-state index < -0.39 is 0 Å². The summed E-state index contributed by atoms with van der Waals surface area (Å²) >= 11 is 0. The van der Waals surface area contributed by atoms with E-state index in [1.807, 2.05) is 12.1 Å². The van der Waals surface area contributed by atoms with Gasteiger partial charge in [0.1, 0.15) is 5.78 Å². The number of hydrogen-bond donors (Lipinski definition) is 0. The van der Waals surface area contributed by atoms with Gasteiger partial charge in [-0.3, -0.25) is 9.59 Å². The second kappa shape index (κ2) is 12.9. The summed E-state index contributed by atoms with van der Waals surface area (Å²) in [4.78, 5) is 23.1. The normalized spacial score (nSPS) is 19.5. The summed E-state index contributed by atoms with van der Waals surface area (Å²) in [6.07, 6.45) is 18.0. The van der Waals surface area contributed by atoms with Crippen LogP contribution in [0, 0.1) is 5.92 Å². The van der Waals surface area contributed by atoms with Crippen molar-refractivity contribution in [2.24, 2.45) is 5.92 Å². The van der Waals surface area contributed by atoms with E-state index in [0.717, 1.165) is 5.92 Å². The van der Waals surface area contributed by atoms with Gasteiger partial charge >= 0.3 is 0 Å². The quantitative estimate of drug-likeness (QED) is 0.199. The maximum absolute atomic E-state index is 12.0. The van der Waals surface area contributed by atoms with E-state index >= 15 is 0 Å². The first-order chi connectivity index (χ1) is 13.6. The Labute approximate surface area is 172 Å². The first kappa shape index (κ1) is 22.8. The zero-order chi connectivity index (χ0) is 20.2. The third-order valence-electron chi connectivity index (χ3n) is 6.43. The lowest BCUT2D eigenvalue weighted by molar-refractivity contribution is -0.116. The van der Waals surface area contributed by atoms with Crippen molar-refractivity contribution in [1.82, 2.24) is 0 Å². The molecule has 1 fully saturated rings.